The molecule has 4 unspecified atom stereocenters. The number of amides is 1. The van der Waals surface area contributed by atoms with Gasteiger partial charge in [-0.15, -0.1) is 11.3 Å². The summed E-state index contributed by atoms with van der Waals surface area (Å²) in [4.78, 5) is 16.8. The molecule has 2 aliphatic rings. The smallest absolute Gasteiger partial charge is 0.251 e. The molecule has 2 fully saturated rings. The fraction of sp³-hybridized carbons (Fsp3) is 0.474. The Kier molecular flexibility index (Phi) is 4.27. The zero-order valence-corrected chi connectivity index (χ0v) is 14.7. The minimum absolute atomic E-state index is 0.0214. The number of rotatable bonds is 5. The van der Waals surface area contributed by atoms with E-state index in [4.69, 9.17) is 0 Å². The van der Waals surface area contributed by atoms with Crippen molar-refractivity contribution in [3.8, 4) is 0 Å². The van der Waals surface area contributed by atoms with Crippen molar-refractivity contribution >= 4 is 28.1 Å². The standard InChI is InChI=1S/C19H23N3OS/c1-12(17-10-13-5-6-14(17)9-13)21-18(23)15-3-2-4-16(11-15)22-19-20-7-8-24-19/h2-4,7-8,11-14,17H,5-6,9-10H2,1H3,(H,20,22)(H,21,23). The van der Waals surface area contributed by atoms with Crippen LogP contribution in [0.15, 0.2) is 35.8 Å². The minimum Gasteiger partial charge on any atom is -0.349 e. The first kappa shape index (κ1) is 15.6. The average Bonchev–Trinajstić information content (AvgIpc) is 3.33. The third-order valence-corrected chi connectivity index (χ3v) is 6.29. The maximum absolute atomic E-state index is 12.6. The van der Waals surface area contributed by atoms with Gasteiger partial charge in [0.15, 0.2) is 5.13 Å². The van der Waals surface area contributed by atoms with Crippen molar-refractivity contribution in [3.63, 3.8) is 0 Å². The molecular formula is C19H23N3OS. The molecule has 2 saturated carbocycles. The van der Waals surface area contributed by atoms with Crippen molar-refractivity contribution in [1.29, 1.82) is 0 Å². The van der Waals surface area contributed by atoms with E-state index < -0.39 is 0 Å². The van der Waals surface area contributed by atoms with Gasteiger partial charge in [0.25, 0.3) is 5.91 Å². The van der Waals surface area contributed by atoms with E-state index in [1.54, 1.807) is 17.5 Å². The first-order valence-corrected chi connectivity index (χ1v) is 9.64. The predicted molar refractivity (Wildman–Crippen MR) is 97.7 cm³/mol. The van der Waals surface area contributed by atoms with Gasteiger partial charge in [-0.2, -0.15) is 0 Å². The monoisotopic (exact) mass is 341 g/mol. The van der Waals surface area contributed by atoms with Crippen molar-refractivity contribution in [1.82, 2.24) is 10.3 Å². The van der Waals surface area contributed by atoms with E-state index in [9.17, 15) is 4.79 Å². The number of nitrogens with one attached hydrogen (secondary N) is 2. The van der Waals surface area contributed by atoms with Crippen molar-refractivity contribution < 1.29 is 4.79 Å². The highest BCUT2D eigenvalue weighted by Crippen LogP contribution is 2.49. The minimum atomic E-state index is 0.0214. The van der Waals surface area contributed by atoms with Gasteiger partial charge in [-0.3, -0.25) is 4.79 Å². The van der Waals surface area contributed by atoms with Crippen molar-refractivity contribution in [2.24, 2.45) is 17.8 Å². The van der Waals surface area contributed by atoms with E-state index >= 15 is 0 Å². The van der Waals surface area contributed by atoms with Crippen LogP contribution in [-0.4, -0.2) is 16.9 Å². The molecule has 2 N–H and O–H groups in total. The molecule has 4 atom stereocenters. The van der Waals surface area contributed by atoms with Crippen LogP contribution in [0.2, 0.25) is 0 Å². The number of nitrogens with zero attached hydrogens (tertiary/aromatic N) is 1. The highest BCUT2D eigenvalue weighted by Gasteiger charge is 2.42. The molecule has 0 radical (unpaired) electrons. The zero-order chi connectivity index (χ0) is 16.5. The van der Waals surface area contributed by atoms with Gasteiger partial charge in [0.2, 0.25) is 0 Å². The second-order valence-electron chi connectivity index (χ2n) is 7.14. The van der Waals surface area contributed by atoms with Gasteiger partial charge in [-0.1, -0.05) is 12.5 Å². The Morgan fingerprint density at radius 2 is 2.25 bits per heavy atom. The Hall–Kier alpha value is -1.88. The van der Waals surface area contributed by atoms with Crippen molar-refractivity contribution in [3.05, 3.63) is 41.4 Å². The first-order valence-electron chi connectivity index (χ1n) is 8.76. The van der Waals surface area contributed by atoms with E-state index in [1.165, 1.54) is 25.7 Å². The number of hydrogen-bond donors (Lipinski definition) is 2. The van der Waals surface area contributed by atoms with Gasteiger partial charge in [0.05, 0.1) is 0 Å². The number of anilines is 2. The summed E-state index contributed by atoms with van der Waals surface area (Å²) in [5, 5.41) is 9.23. The largest absolute Gasteiger partial charge is 0.349 e. The molecule has 0 spiro atoms. The lowest BCUT2D eigenvalue weighted by atomic mass is 9.84. The summed E-state index contributed by atoms with van der Waals surface area (Å²) in [6.07, 6.45) is 7.17. The SMILES string of the molecule is CC(NC(=O)c1cccc(Nc2nccs2)c1)C1CC2CCC1C2. The lowest BCUT2D eigenvalue weighted by Crippen LogP contribution is -2.40. The van der Waals surface area contributed by atoms with Crippen LogP contribution in [0.5, 0.6) is 0 Å². The fourth-order valence-electron chi connectivity index (χ4n) is 4.45. The highest BCUT2D eigenvalue weighted by molar-refractivity contribution is 7.13. The van der Waals surface area contributed by atoms with Crippen LogP contribution in [0.3, 0.4) is 0 Å². The molecule has 2 aromatic rings. The number of carbonyl (C=O) groups excluding carboxylic acids is 1. The predicted octanol–water partition coefficient (Wildman–Crippen LogP) is 4.44. The van der Waals surface area contributed by atoms with E-state index in [-0.39, 0.29) is 11.9 Å². The van der Waals surface area contributed by atoms with Crippen LogP contribution in [0.4, 0.5) is 10.8 Å². The van der Waals surface area contributed by atoms with Crippen LogP contribution < -0.4 is 10.6 Å². The molecule has 5 heteroatoms. The summed E-state index contributed by atoms with van der Waals surface area (Å²) in [5.41, 5.74) is 1.59. The summed E-state index contributed by atoms with van der Waals surface area (Å²) < 4.78 is 0. The second-order valence-corrected chi connectivity index (χ2v) is 8.04. The Morgan fingerprint density at radius 1 is 1.33 bits per heavy atom. The van der Waals surface area contributed by atoms with Crippen LogP contribution in [0.25, 0.3) is 0 Å². The molecular weight excluding hydrogens is 318 g/mol. The van der Waals surface area contributed by atoms with E-state index in [0.29, 0.717) is 11.5 Å². The fourth-order valence-corrected chi connectivity index (χ4v) is 5.00. The quantitative estimate of drug-likeness (QED) is 0.845. The normalized spacial score (nSPS) is 26.3. The van der Waals surface area contributed by atoms with E-state index in [0.717, 1.165) is 22.7 Å². The molecule has 2 bridgehead atoms. The third kappa shape index (κ3) is 3.18. The number of aromatic nitrogens is 1. The van der Waals surface area contributed by atoms with Gasteiger partial charge >= 0.3 is 0 Å². The molecule has 0 saturated heterocycles. The van der Waals surface area contributed by atoms with Gasteiger partial charge in [0, 0.05) is 28.9 Å². The Bertz CT molecular complexity index is 715. The molecule has 1 aromatic heterocycles. The number of thiazole rings is 1. The summed E-state index contributed by atoms with van der Waals surface area (Å²) in [6.45, 7) is 2.17. The third-order valence-electron chi connectivity index (χ3n) is 5.60. The molecule has 4 rings (SSSR count). The van der Waals surface area contributed by atoms with Crippen LogP contribution in [0, 0.1) is 17.8 Å². The van der Waals surface area contributed by atoms with E-state index in [1.807, 2.05) is 29.6 Å². The van der Waals surface area contributed by atoms with Crippen molar-refractivity contribution in [2.45, 2.75) is 38.6 Å². The second kappa shape index (κ2) is 6.55. The van der Waals surface area contributed by atoms with Gasteiger partial charge in [0.1, 0.15) is 0 Å². The van der Waals surface area contributed by atoms with Gasteiger partial charge in [-0.05, 0) is 62.1 Å². The average molecular weight is 341 g/mol. The summed E-state index contributed by atoms with van der Waals surface area (Å²) >= 11 is 1.54. The lowest BCUT2D eigenvalue weighted by Gasteiger charge is -2.28. The van der Waals surface area contributed by atoms with Crippen molar-refractivity contribution in [2.75, 3.05) is 5.32 Å². The molecule has 0 aliphatic heterocycles. The van der Waals surface area contributed by atoms with Gasteiger partial charge in [-0.25, -0.2) is 4.98 Å². The van der Waals surface area contributed by atoms with Crippen LogP contribution >= 0.6 is 11.3 Å². The summed E-state index contributed by atoms with van der Waals surface area (Å²) in [6, 6.07) is 7.88. The number of benzene rings is 1. The summed E-state index contributed by atoms with van der Waals surface area (Å²) in [5.74, 6) is 2.41. The summed E-state index contributed by atoms with van der Waals surface area (Å²) in [7, 11) is 0. The Morgan fingerprint density at radius 3 is 2.96 bits per heavy atom. The Balaban J connectivity index is 1.40. The van der Waals surface area contributed by atoms with E-state index in [2.05, 4.69) is 22.5 Å². The van der Waals surface area contributed by atoms with Crippen LogP contribution in [-0.2, 0) is 0 Å². The molecule has 126 valence electrons. The maximum atomic E-state index is 12.6. The number of fused-ring (bicyclic) bond motifs is 2. The number of carbonyl (C=O) groups is 1. The topological polar surface area (TPSA) is 54.0 Å². The first-order chi connectivity index (χ1) is 11.7. The van der Waals surface area contributed by atoms with Crippen LogP contribution in [0.1, 0.15) is 43.0 Å². The Labute approximate surface area is 146 Å². The number of hydrogen-bond acceptors (Lipinski definition) is 4. The molecule has 1 heterocycles. The lowest BCUT2D eigenvalue weighted by molar-refractivity contribution is 0.0915. The molecule has 1 amide bonds. The molecule has 2 aliphatic carbocycles. The molecule has 1 aromatic carbocycles. The zero-order valence-electron chi connectivity index (χ0n) is 13.9. The van der Waals surface area contributed by atoms with Gasteiger partial charge < -0.3 is 10.6 Å². The molecule has 4 nitrogen and oxygen atoms in total. The maximum Gasteiger partial charge on any atom is 0.251 e. The highest BCUT2D eigenvalue weighted by atomic mass is 32.1. The molecule has 24 heavy (non-hydrogen) atoms.